The molecule has 0 aliphatic carbocycles. The second-order valence-electron chi connectivity index (χ2n) is 7.26. The number of hydrogen-bond acceptors (Lipinski definition) is 6. The fourth-order valence-corrected chi connectivity index (χ4v) is 5.47. The summed E-state index contributed by atoms with van der Waals surface area (Å²) >= 11 is 0. The smallest absolute Gasteiger partial charge is 0.243 e. The molecule has 4 rings (SSSR count). The lowest BCUT2D eigenvalue weighted by molar-refractivity contribution is -0.117. The minimum Gasteiger partial charge on any atom is -0.497 e. The number of anilines is 1. The first-order valence-corrected chi connectivity index (χ1v) is 11.3. The Bertz CT molecular complexity index is 1020. The molecule has 1 fully saturated rings. The molecule has 0 unspecified atom stereocenters. The molecule has 9 heteroatoms. The predicted molar refractivity (Wildman–Crippen MR) is 110 cm³/mol. The Morgan fingerprint density at radius 2 is 1.90 bits per heavy atom. The van der Waals surface area contributed by atoms with Crippen LogP contribution in [0.4, 0.5) is 5.69 Å². The van der Waals surface area contributed by atoms with E-state index >= 15 is 0 Å². The largest absolute Gasteiger partial charge is 0.497 e. The van der Waals surface area contributed by atoms with Crippen molar-refractivity contribution < 1.29 is 27.4 Å². The first-order valence-electron chi connectivity index (χ1n) is 9.83. The minimum atomic E-state index is -3.70. The first-order chi connectivity index (χ1) is 14.5. The molecule has 0 radical (unpaired) electrons. The van der Waals surface area contributed by atoms with Gasteiger partial charge in [-0.05, 0) is 49.2 Å². The molecule has 0 spiro atoms. The Morgan fingerprint density at radius 3 is 2.67 bits per heavy atom. The molecule has 1 saturated heterocycles. The van der Waals surface area contributed by atoms with Gasteiger partial charge in [0.15, 0.2) is 11.5 Å². The molecular weight excluding hydrogens is 408 g/mol. The topological polar surface area (TPSA) is 94.2 Å². The third-order valence-electron chi connectivity index (χ3n) is 5.32. The zero-order valence-electron chi connectivity index (χ0n) is 16.7. The highest BCUT2D eigenvalue weighted by molar-refractivity contribution is 7.89. The quantitative estimate of drug-likeness (QED) is 0.754. The number of carbonyl (C=O) groups is 1. The monoisotopic (exact) mass is 432 g/mol. The number of carbonyl (C=O) groups excluding carboxylic acids is 1. The SMILES string of the molecule is COc1ccc(S(=O)(=O)N2CCCC[C@@H]2CC(=O)Nc2ccc3c(c2)OCO3)cc1. The average Bonchev–Trinajstić information content (AvgIpc) is 3.22. The maximum absolute atomic E-state index is 13.2. The van der Waals surface area contributed by atoms with Crippen LogP contribution in [-0.4, -0.2) is 45.1 Å². The lowest BCUT2D eigenvalue weighted by Gasteiger charge is -2.34. The minimum absolute atomic E-state index is 0.0871. The molecule has 2 aliphatic heterocycles. The van der Waals surface area contributed by atoms with E-state index in [0.717, 1.165) is 12.8 Å². The van der Waals surface area contributed by atoms with Crippen LogP contribution >= 0.6 is 0 Å². The molecule has 2 aromatic carbocycles. The van der Waals surface area contributed by atoms with E-state index in [1.165, 1.54) is 23.5 Å². The number of piperidine rings is 1. The first kappa shape index (κ1) is 20.5. The molecule has 8 nitrogen and oxygen atoms in total. The maximum Gasteiger partial charge on any atom is 0.243 e. The molecule has 2 heterocycles. The van der Waals surface area contributed by atoms with Gasteiger partial charge in [0.25, 0.3) is 0 Å². The van der Waals surface area contributed by atoms with Crippen molar-refractivity contribution >= 4 is 21.6 Å². The molecule has 30 heavy (non-hydrogen) atoms. The van der Waals surface area contributed by atoms with Crippen LogP contribution in [0.1, 0.15) is 25.7 Å². The second-order valence-corrected chi connectivity index (χ2v) is 9.15. The summed E-state index contributed by atoms with van der Waals surface area (Å²) < 4.78 is 43.5. The molecule has 2 aliphatic rings. The molecule has 0 saturated carbocycles. The lowest BCUT2D eigenvalue weighted by Crippen LogP contribution is -2.45. The third-order valence-corrected chi connectivity index (χ3v) is 7.28. The summed E-state index contributed by atoms with van der Waals surface area (Å²) in [5.41, 5.74) is 0.588. The number of benzene rings is 2. The number of ether oxygens (including phenoxy) is 3. The van der Waals surface area contributed by atoms with Gasteiger partial charge in [-0.15, -0.1) is 0 Å². The van der Waals surface area contributed by atoms with Crippen LogP contribution < -0.4 is 19.5 Å². The summed E-state index contributed by atoms with van der Waals surface area (Å²) in [5, 5.41) is 2.83. The summed E-state index contributed by atoms with van der Waals surface area (Å²) in [4.78, 5) is 12.9. The van der Waals surface area contributed by atoms with Gasteiger partial charge in [0.2, 0.25) is 22.7 Å². The highest BCUT2D eigenvalue weighted by Crippen LogP contribution is 2.34. The van der Waals surface area contributed by atoms with Crippen molar-refractivity contribution in [1.29, 1.82) is 0 Å². The van der Waals surface area contributed by atoms with E-state index in [0.29, 0.717) is 35.9 Å². The molecule has 0 bridgehead atoms. The van der Waals surface area contributed by atoms with Crippen molar-refractivity contribution in [1.82, 2.24) is 4.31 Å². The van der Waals surface area contributed by atoms with E-state index < -0.39 is 10.0 Å². The van der Waals surface area contributed by atoms with Crippen LogP contribution in [0.5, 0.6) is 17.2 Å². The Labute approximate surface area is 175 Å². The van der Waals surface area contributed by atoms with Crippen molar-refractivity contribution in [3.05, 3.63) is 42.5 Å². The van der Waals surface area contributed by atoms with Gasteiger partial charge < -0.3 is 19.5 Å². The van der Waals surface area contributed by atoms with Crippen molar-refractivity contribution in [3.8, 4) is 17.2 Å². The highest BCUT2D eigenvalue weighted by Gasteiger charge is 2.34. The van der Waals surface area contributed by atoms with Gasteiger partial charge in [0.05, 0.1) is 12.0 Å². The molecule has 1 atom stereocenters. The predicted octanol–water partition coefficient (Wildman–Crippen LogP) is 3.00. The Balaban J connectivity index is 1.47. The second kappa shape index (κ2) is 8.53. The van der Waals surface area contributed by atoms with Crippen LogP contribution in [0.25, 0.3) is 0 Å². The number of methoxy groups -OCH3 is 1. The summed E-state index contributed by atoms with van der Waals surface area (Å²) in [7, 11) is -2.17. The van der Waals surface area contributed by atoms with Gasteiger partial charge in [0, 0.05) is 30.8 Å². The lowest BCUT2D eigenvalue weighted by atomic mass is 10.0. The van der Waals surface area contributed by atoms with Gasteiger partial charge in [-0.2, -0.15) is 4.31 Å². The van der Waals surface area contributed by atoms with E-state index in [1.54, 1.807) is 30.3 Å². The summed E-state index contributed by atoms with van der Waals surface area (Å²) in [6.45, 7) is 0.559. The highest BCUT2D eigenvalue weighted by atomic mass is 32.2. The average molecular weight is 432 g/mol. The van der Waals surface area contributed by atoms with E-state index in [4.69, 9.17) is 14.2 Å². The summed E-state index contributed by atoms with van der Waals surface area (Å²) in [6.07, 6.45) is 2.39. The number of rotatable bonds is 6. The fraction of sp³-hybridized carbons (Fsp3) is 0.381. The summed E-state index contributed by atoms with van der Waals surface area (Å²) in [5.74, 6) is 1.56. The number of fused-ring (bicyclic) bond motifs is 1. The fourth-order valence-electron chi connectivity index (χ4n) is 3.78. The third kappa shape index (κ3) is 4.22. The molecule has 1 amide bonds. The zero-order chi connectivity index (χ0) is 21.1. The number of amides is 1. The van der Waals surface area contributed by atoms with Crippen molar-refractivity contribution in [2.24, 2.45) is 0 Å². The van der Waals surface area contributed by atoms with Crippen molar-refractivity contribution in [2.45, 2.75) is 36.6 Å². The molecule has 2 aromatic rings. The van der Waals surface area contributed by atoms with E-state index in [1.807, 2.05) is 0 Å². The van der Waals surface area contributed by atoms with Gasteiger partial charge in [-0.25, -0.2) is 8.42 Å². The Morgan fingerprint density at radius 1 is 1.13 bits per heavy atom. The molecule has 160 valence electrons. The van der Waals surface area contributed by atoms with Gasteiger partial charge in [-0.1, -0.05) is 6.42 Å². The van der Waals surface area contributed by atoms with E-state index in [2.05, 4.69) is 5.32 Å². The summed E-state index contributed by atoms with van der Waals surface area (Å²) in [6, 6.07) is 11.1. The molecule has 1 N–H and O–H groups in total. The molecule has 0 aromatic heterocycles. The standard InChI is InChI=1S/C21H24N2O6S/c1-27-17-6-8-18(9-7-17)30(25,26)23-11-3-2-4-16(23)13-21(24)22-15-5-10-19-20(12-15)29-14-28-19/h5-10,12,16H,2-4,11,13-14H2,1H3,(H,22,24)/t16-/m1/s1. The van der Waals surface area contributed by atoms with Gasteiger partial charge in [0.1, 0.15) is 5.75 Å². The van der Waals surface area contributed by atoms with Crippen LogP contribution in [0.3, 0.4) is 0 Å². The van der Waals surface area contributed by atoms with E-state index in [9.17, 15) is 13.2 Å². The zero-order valence-corrected chi connectivity index (χ0v) is 17.5. The Hall–Kier alpha value is -2.78. The number of sulfonamides is 1. The number of nitrogens with one attached hydrogen (secondary N) is 1. The van der Waals surface area contributed by atoms with Crippen LogP contribution in [0.15, 0.2) is 47.4 Å². The van der Waals surface area contributed by atoms with Gasteiger partial charge >= 0.3 is 0 Å². The molecular formula is C21H24N2O6S. The van der Waals surface area contributed by atoms with Crippen molar-refractivity contribution in [3.63, 3.8) is 0 Å². The van der Waals surface area contributed by atoms with Gasteiger partial charge in [-0.3, -0.25) is 4.79 Å². The Kier molecular flexibility index (Phi) is 5.83. The number of nitrogens with zero attached hydrogens (tertiary/aromatic N) is 1. The van der Waals surface area contributed by atoms with Crippen LogP contribution in [0.2, 0.25) is 0 Å². The normalized spacial score (nSPS) is 18.8. The van der Waals surface area contributed by atoms with Crippen molar-refractivity contribution in [2.75, 3.05) is 25.8 Å². The van der Waals surface area contributed by atoms with Crippen LogP contribution in [-0.2, 0) is 14.8 Å². The maximum atomic E-state index is 13.2. The number of hydrogen-bond donors (Lipinski definition) is 1. The van der Waals surface area contributed by atoms with Crippen LogP contribution in [0, 0.1) is 0 Å². The van der Waals surface area contributed by atoms with E-state index in [-0.39, 0.29) is 30.1 Å².